The van der Waals surface area contributed by atoms with Crippen LogP contribution in [0, 0.1) is 11.3 Å². The fourth-order valence-corrected chi connectivity index (χ4v) is 1.80. The Bertz CT molecular complexity index is 681. The minimum Gasteiger partial charge on any atom is -0.481 e. The quantitative estimate of drug-likeness (QED) is 0.724. The van der Waals surface area contributed by atoms with Gasteiger partial charge in [-0.15, -0.1) is 0 Å². The van der Waals surface area contributed by atoms with Gasteiger partial charge in [0.1, 0.15) is 11.7 Å². The topological polar surface area (TPSA) is 123 Å². The molecule has 0 aliphatic rings. The Morgan fingerprint density at radius 3 is 2.54 bits per heavy atom. The van der Waals surface area contributed by atoms with Crippen LogP contribution in [-0.2, 0) is 15.8 Å². The molecule has 0 radical (unpaired) electrons. The number of nitrogens with zero attached hydrogens (tertiary/aromatic N) is 2. The molecule has 0 aliphatic carbocycles. The van der Waals surface area contributed by atoms with Gasteiger partial charge in [-0.2, -0.15) is 18.4 Å². The predicted molar refractivity (Wildman–Crippen MR) is 74.7 cm³/mol. The van der Waals surface area contributed by atoms with Crippen molar-refractivity contribution in [3.05, 3.63) is 23.5 Å². The van der Waals surface area contributed by atoms with Gasteiger partial charge in [-0.25, -0.2) is 4.98 Å². The van der Waals surface area contributed by atoms with Crippen molar-refractivity contribution in [2.24, 2.45) is 0 Å². The third-order valence-electron chi connectivity index (χ3n) is 3.10. The minimum atomic E-state index is -4.83. The van der Waals surface area contributed by atoms with Crippen LogP contribution in [0.3, 0.4) is 0 Å². The summed E-state index contributed by atoms with van der Waals surface area (Å²) in [6, 6.07) is 1.84. The summed E-state index contributed by atoms with van der Waals surface area (Å²) in [5.41, 5.74) is -4.46. The van der Waals surface area contributed by atoms with E-state index in [2.05, 4.69) is 10.3 Å². The lowest BCUT2D eigenvalue weighted by atomic mass is 9.98. The number of carboxylic acids is 1. The smallest absolute Gasteiger partial charge is 0.419 e. The Morgan fingerprint density at radius 1 is 1.42 bits per heavy atom. The van der Waals surface area contributed by atoms with E-state index in [-0.39, 0.29) is 24.9 Å². The molecule has 0 saturated carbocycles. The first-order valence-corrected chi connectivity index (χ1v) is 6.70. The van der Waals surface area contributed by atoms with Crippen molar-refractivity contribution in [2.75, 3.05) is 5.32 Å². The molecule has 24 heavy (non-hydrogen) atoms. The van der Waals surface area contributed by atoms with E-state index in [0.717, 1.165) is 13.1 Å². The number of carboxylic acid groups (broad SMARTS) is 1. The van der Waals surface area contributed by atoms with Gasteiger partial charge in [0, 0.05) is 6.42 Å². The molecule has 1 aromatic rings. The van der Waals surface area contributed by atoms with Crippen molar-refractivity contribution >= 4 is 17.6 Å². The van der Waals surface area contributed by atoms with Gasteiger partial charge in [-0.3, -0.25) is 9.59 Å². The molecule has 130 valence electrons. The molecule has 10 heteroatoms. The maximum Gasteiger partial charge on any atom is 0.419 e. The van der Waals surface area contributed by atoms with E-state index in [0.29, 0.717) is 6.07 Å². The highest BCUT2D eigenvalue weighted by atomic mass is 19.4. The number of carbonyl (C=O) groups excluding carboxylic acids is 1. The van der Waals surface area contributed by atoms with E-state index >= 15 is 0 Å². The second kappa shape index (κ2) is 7.27. The second-order valence-corrected chi connectivity index (χ2v) is 5.20. The Morgan fingerprint density at radius 2 is 2.04 bits per heavy atom. The summed E-state index contributed by atoms with van der Waals surface area (Å²) >= 11 is 0. The van der Waals surface area contributed by atoms with Gasteiger partial charge in [-0.1, -0.05) is 0 Å². The summed E-state index contributed by atoms with van der Waals surface area (Å²) in [5.74, 6) is -2.11. The molecule has 1 atom stereocenters. The highest BCUT2D eigenvalue weighted by Gasteiger charge is 2.35. The number of carbonyl (C=O) groups is 2. The van der Waals surface area contributed by atoms with Crippen LogP contribution in [0.15, 0.2) is 12.3 Å². The van der Waals surface area contributed by atoms with Crippen molar-refractivity contribution in [1.82, 2.24) is 4.98 Å². The molecule has 1 aromatic heterocycles. The highest BCUT2D eigenvalue weighted by molar-refractivity contribution is 5.96. The zero-order valence-electron chi connectivity index (χ0n) is 12.5. The Hall–Kier alpha value is -2.67. The third kappa shape index (κ3) is 5.20. The molecule has 0 unspecified atom stereocenters. The van der Waals surface area contributed by atoms with Gasteiger partial charge in [-0.05, 0) is 25.8 Å². The SMILES string of the molecule is C[C@@](O)(CCCC(=O)O)C(=O)Nc1cnc(C#N)c(C(F)(F)F)c1. The minimum absolute atomic E-state index is 0.00910. The number of amides is 1. The molecule has 0 spiro atoms. The zero-order valence-corrected chi connectivity index (χ0v) is 12.5. The largest absolute Gasteiger partial charge is 0.481 e. The number of pyridine rings is 1. The van der Waals surface area contributed by atoms with Crippen molar-refractivity contribution in [2.45, 2.75) is 38.0 Å². The van der Waals surface area contributed by atoms with Crippen molar-refractivity contribution in [3.63, 3.8) is 0 Å². The van der Waals surface area contributed by atoms with Crippen LogP contribution in [0.1, 0.15) is 37.4 Å². The lowest BCUT2D eigenvalue weighted by Crippen LogP contribution is -2.40. The lowest BCUT2D eigenvalue weighted by molar-refractivity contribution is -0.139. The summed E-state index contributed by atoms with van der Waals surface area (Å²) in [5, 5.41) is 29.2. The lowest BCUT2D eigenvalue weighted by Gasteiger charge is -2.22. The molecule has 1 rings (SSSR count). The van der Waals surface area contributed by atoms with Crippen molar-refractivity contribution in [1.29, 1.82) is 5.26 Å². The second-order valence-electron chi connectivity index (χ2n) is 5.20. The number of aromatic nitrogens is 1. The molecule has 1 heterocycles. The number of hydrogen-bond donors (Lipinski definition) is 3. The molecule has 7 nitrogen and oxygen atoms in total. The molecular weight excluding hydrogens is 331 g/mol. The summed E-state index contributed by atoms with van der Waals surface area (Å²) in [7, 11) is 0. The van der Waals surface area contributed by atoms with Gasteiger partial charge in [0.05, 0.1) is 17.4 Å². The molecule has 1 amide bonds. The summed E-state index contributed by atoms with van der Waals surface area (Å²) in [6.07, 6.45) is -4.42. The van der Waals surface area contributed by atoms with E-state index in [1.54, 1.807) is 0 Å². The molecule has 0 fully saturated rings. The number of anilines is 1. The van der Waals surface area contributed by atoms with Crippen LogP contribution in [-0.4, -0.2) is 32.7 Å². The fourth-order valence-electron chi connectivity index (χ4n) is 1.80. The first-order chi connectivity index (χ1) is 11.0. The molecule has 0 bridgehead atoms. The van der Waals surface area contributed by atoms with E-state index in [1.807, 2.05) is 0 Å². The standard InChI is InChI=1S/C14H14F3N3O4/c1-13(24,4-2-3-11(21)22)12(23)20-8-5-9(14(15,16)17)10(6-18)19-7-8/h5,7,24H,2-4H2,1H3,(H,20,23)(H,21,22)/t13-/m1/s1. The van der Waals surface area contributed by atoms with Crippen LogP contribution in [0.5, 0.6) is 0 Å². The van der Waals surface area contributed by atoms with Gasteiger partial charge in [0.2, 0.25) is 0 Å². The maximum absolute atomic E-state index is 12.8. The first kappa shape index (κ1) is 19.4. The number of aliphatic hydroxyl groups is 1. The van der Waals surface area contributed by atoms with Crippen molar-refractivity contribution in [3.8, 4) is 6.07 Å². The summed E-state index contributed by atoms with van der Waals surface area (Å²) in [4.78, 5) is 25.7. The van der Waals surface area contributed by atoms with Crippen LogP contribution >= 0.6 is 0 Å². The van der Waals surface area contributed by atoms with Crippen LogP contribution in [0.2, 0.25) is 0 Å². The number of alkyl halides is 3. The number of nitriles is 1. The highest BCUT2D eigenvalue weighted by Crippen LogP contribution is 2.32. The zero-order chi connectivity index (χ0) is 18.5. The fraction of sp³-hybridized carbons (Fsp3) is 0.429. The average Bonchev–Trinajstić information content (AvgIpc) is 2.45. The molecule has 0 aromatic carbocycles. The third-order valence-corrected chi connectivity index (χ3v) is 3.10. The number of rotatable bonds is 6. The Kier molecular flexibility index (Phi) is 5.87. The van der Waals surface area contributed by atoms with E-state index < -0.39 is 34.9 Å². The van der Waals surface area contributed by atoms with Gasteiger partial charge >= 0.3 is 12.1 Å². The molecule has 3 N–H and O–H groups in total. The van der Waals surface area contributed by atoms with E-state index in [1.165, 1.54) is 6.07 Å². The van der Waals surface area contributed by atoms with Gasteiger partial charge < -0.3 is 15.5 Å². The number of hydrogen-bond acceptors (Lipinski definition) is 5. The van der Waals surface area contributed by atoms with Crippen molar-refractivity contribution < 1.29 is 33.0 Å². The van der Waals surface area contributed by atoms with E-state index in [9.17, 15) is 27.9 Å². The maximum atomic E-state index is 12.8. The number of aliphatic carboxylic acids is 1. The number of nitrogens with one attached hydrogen (secondary N) is 1. The summed E-state index contributed by atoms with van der Waals surface area (Å²) < 4.78 is 38.5. The molecule has 0 saturated heterocycles. The Balaban J connectivity index is 2.91. The van der Waals surface area contributed by atoms with Crippen LogP contribution in [0.25, 0.3) is 0 Å². The van der Waals surface area contributed by atoms with Gasteiger partial charge in [0.15, 0.2) is 5.69 Å². The Labute approximate surface area is 134 Å². The number of halogens is 3. The first-order valence-electron chi connectivity index (χ1n) is 6.70. The normalized spacial score (nSPS) is 13.7. The average molecular weight is 345 g/mol. The van der Waals surface area contributed by atoms with Crippen LogP contribution < -0.4 is 5.32 Å². The van der Waals surface area contributed by atoms with Crippen LogP contribution in [0.4, 0.5) is 18.9 Å². The summed E-state index contributed by atoms with van der Waals surface area (Å²) in [6.45, 7) is 1.12. The molecular formula is C14H14F3N3O4. The molecule has 0 aliphatic heterocycles. The van der Waals surface area contributed by atoms with Gasteiger partial charge in [0.25, 0.3) is 5.91 Å². The monoisotopic (exact) mass is 345 g/mol. The van der Waals surface area contributed by atoms with E-state index in [4.69, 9.17) is 10.4 Å². The predicted octanol–water partition coefficient (Wildman–Crippen LogP) is 1.92.